The van der Waals surface area contributed by atoms with Crippen molar-refractivity contribution in [3.8, 4) is 0 Å². The lowest BCUT2D eigenvalue weighted by Crippen LogP contribution is -2.28. The van der Waals surface area contributed by atoms with Crippen LogP contribution in [0.4, 0.5) is 5.69 Å². The van der Waals surface area contributed by atoms with E-state index < -0.39 is 5.97 Å². The van der Waals surface area contributed by atoms with E-state index in [4.69, 9.17) is 10.8 Å². The number of halogens is 1. The molecule has 0 saturated carbocycles. The first-order chi connectivity index (χ1) is 8.49. The zero-order valence-electron chi connectivity index (χ0n) is 9.94. The molecule has 1 atom stereocenters. The summed E-state index contributed by atoms with van der Waals surface area (Å²) in [5, 5.41) is 11.5. The Kier molecular flexibility index (Phi) is 5.30. The summed E-state index contributed by atoms with van der Waals surface area (Å²) in [5.74, 6) is -1.42. The number of carbonyl (C=O) groups excluding carboxylic acids is 1. The van der Waals surface area contributed by atoms with Gasteiger partial charge in [0.05, 0.1) is 17.2 Å². The first kappa shape index (κ1) is 14.7. The van der Waals surface area contributed by atoms with Crippen LogP contribution in [0.15, 0.2) is 22.7 Å². The number of rotatable bonds is 5. The van der Waals surface area contributed by atoms with E-state index in [1.54, 1.807) is 6.07 Å². The highest BCUT2D eigenvalue weighted by Crippen LogP contribution is 2.24. The van der Waals surface area contributed by atoms with Gasteiger partial charge in [-0.3, -0.25) is 4.79 Å². The summed E-state index contributed by atoms with van der Waals surface area (Å²) in [7, 11) is 0. The number of benzene rings is 1. The van der Waals surface area contributed by atoms with Gasteiger partial charge in [0.15, 0.2) is 0 Å². The summed E-state index contributed by atoms with van der Waals surface area (Å²) in [6, 6.07) is 4.43. The number of aromatic carboxylic acids is 1. The minimum atomic E-state index is -1.01. The number of hydrogen-bond acceptors (Lipinski definition) is 3. The summed E-state index contributed by atoms with van der Waals surface area (Å²) in [5.41, 5.74) is 6.19. The molecular weight excluding hydrogens is 300 g/mol. The summed E-state index contributed by atoms with van der Waals surface area (Å²) < 4.78 is 0.530. The molecule has 6 heteroatoms. The minimum absolute atomic E-state index is 0.158. The molecular formula is C12H15BrN2O3. The van der Waals surface area contributed by atoms with Crippen LogP contribution in [0.3, 0.4) is 0 Å². The van der Waals surface area contributed by atoms with Gasteiger partial charge in [-0.1, -0.05) is 6.92 Å². The predicted molar refractivity (Wildman–Crippen MR) is 72.6 cm³/mol. The van der Waals surface area contributed by atoms with Crippen molar-refractivity contribution in [3.63, 3.8) is 0 Å². The highest BCUT2D eigenvalue weighted by Gasteiger charge is 2.16. The first-order valence-corrected chi connectivity index (χ1v) is 6.32. The fourth-order valence-corrected chi connectivity index (χ4v) is 1.92. The summed E-state index contributed by atoms with van der Waals surface area (Å²) >= 11 is 3.23. The van der Waals surface area contributed by atoms with Crippen molar-refractivity contribution in [2.45, 2.75) is 13.3 Å². The molecule has 18 heavy (non-hydrogen) atoms. The zero-order chi connectivity index (χ0) is 13.7. The number of carboxylic acid groups (broad SMARTS) is 1. The maximum atomic E-state index is 11.8. The summed E-state index contributed by atoms with van der Waals surface area (Å²) in [6.45, 7) is 2.17. The van der Waals surface area contributed by atoms with Gasteiger partial charge < -0.3 is 16.2 Å². The normalized spacial score (nSPS) is 11.9. The monoisotopic (exact) mass is 314 g/mol. The quantitative estimate of drug-likeness (QED) is 0.775. The number of carboxylic acids is 1. The molecule has 0 aliphatic carbocycles. The van der Waals surface area contributed by atoms with Crippen molar-refractivity contribution in [3.05, 3.63) is 28.2 Å². The molecule has 5 nitrogen and oxygen atoms in total. The SMILES string of the molecule is CCC(CN)C(=O)Nc1ccc(C(=O)O)cc1Br. The van der Waals surface area contributed by atoms with Crippen LogP contribution in [0.5, 0.6) is 0 Å². The van der Waals surface area contributed by atoms with Gasteiger partial charge in [-0.2, -0.15) is 0 Å². The van der Waals surface area contributed by atoms with Gasteiger partial charge in [0.2, 0.25) is 5.91 Å². The van der Waals surface area contributed by atoms with Crippen LogP contribution in [0.1, 0.15) is 23.7 Å². The van der Waals surface area contributed by atoms with E-state index in [0.29, 0.717) is 16.6 Å². The lowest BCUT2D eigenvalue weighted by atomic mass is 10.1. The number of hydrogen-bond donors (Lipinski definition) is 3. The fraction of sp³-hybridized carbons (Fsp3) is 0.333. The molecule has 0 spiro atoms. The molecule has 1 amide bonds. The van der Waals surface area contributed by atoms with Crippen molar-refractivity contribution < 1.29 is 14.7 Å². The molecule has 0 aliphatic rings. The van der Waals surface area contributed by atoms with Crippen molar-refractivity contribution in [1.29, 1.82) is 0 Å². The van der Waals surface area contributed by atoms with E-state index in [2.05, 4.69) is 21.2 Å². The molecule has 0 saturated heterocycles. The van der Waals surface area contributed by atoms with Crippen LogP contribution in [0.25, 0.3) is 0 Å². The first-order valence-electron chi connectivity index (χ1n) is 5.53. The van der Waals surface area contributed by atoms with Crippen molar-refractivity contribution in [1.82, 2.24) is 0 Å². The van der Waals surface area contributed by atoms with Crippen molar-refractivity contribution >= 4 is 33.5 Å². The maximum absolute atomic E-state index is 11.8. The topological polar surface area (TPSA) is 92.4 Å². The van der Waals surface area contributed by atoms with Gasteiger partial charge in [0.1, 0.15) is 0 Å². The Morgan fingerprint density at radius 1 is 1.50 bits per heavy atom. The fourth-order valence-electron chi connectivity index (χ4n) is 1.44. The lowest BCUT2D eigenvalue weighted by Gasteiger charge is -2.13. The Bertz CT molecular complexity index is 459. The average Bonchev–Trinajstić information content (AvgIpc) is 2.33. The van der Waals surface area contributed by atoms with Gasteiger partial charge in [-0.25, -0.2) is 4.79 Å². The molecule has 1 aromatic carbocycles. The van der Waals surface area contributed by atoms with Gasteiger partial charge in [-0.05, 0) is 40.5 Å². The number of anilines is 1. The van der Waals surface area contributed by atoms with E-state index in [0.717, 1.165) is 0 Å². The molecule has 0 aromatic heterocycles. The van der Waals surface area contributed by atoms with E-state index >= 15 is 0 Å². The van der Waals surface area contributed by atoms with Crippen LogP contribution in [-0.2, 0) is 4.79 Å². The van der Waals surface area contributed by atoms with Crippen LogP contribution in [0, 0.1) is 5.92 Å². The van der Waals surface area contributed by atoms with E-state index in [9.17, 15) is 9.59 Å². The van der Waals surface area contributed by atoms with Gasteiger partial charge in [0.25, 0.3) is 0 Å². The van der Waals surface area contributed by atoms with Gasteiger partial charge >= 0.3 is 5.97 Å². The molecule has 1 unspecified atom stereocenters. The Labute approximate surface area is 113 Å². The van der Waals surface area contributed by atoms with E-state index in [1.165, 1.54) is 12.1 Å². The standard InChI is InChI=1S/C12H15BrN2O3/c1-2-7(6-14)11(16)15-10-4-3-8(12(17)18)5-9(10)13/h3-5,7H,2,6,14H2,1H3,(H,15,16)(H,17,18). The minimum Gasteiger partial charge on any atom is -0.478 e. The third-order valence-corrected chi connectivity index (χ3v) is 3.28. The molecule has 4 N–H and O–H groups in total. The molecule has 0 aliphatic heterocycles. The van der Waals surface area contributed by atoms with Crippen LogP contribution in [0.2, 0.25) is 0 Å². The van der Waals surface area contributed by atoms with Crippen LogP contribution in [-0.4, -0.2) is 23.5 Å². The highest BCUT2D eigenvalue weighted by atomic mass is 79.9. The Morgan fingerprint density at radius 3 is 2.61 bits per heavy atom. The summed E-state index contributed by atoms with van der Waals surface area (Å²) in [6.07, 6.45) is 0.660. The molecule has 1 aromatic rings. The second kappa shape index (κ2) is 6.51. The lowest BCUT2D eigenvalue weighted by molar-refractivity contribution is -0.119. The molecule has 1 rings (SSSR count). The smallest absolute Gasteiger partial charge is 0.335 e. The largest absolute Gasteiger partial charge is 0.478 e. The second-order valence-electron chi connectivity index (χ2n) is 3.83. The van der Waals surface area contributed by atoms with Crippen molar-refractivity contribution in [2.24, 2.45) is 11.7 Å². The zero-order valence-corrected chi connectivity index (χ0v) is 11.5. The van der Waals surface area contributed by atoms with Gasteiger partial charge in [0, 0.05) is 11.0 Å². The second-order valence-corrected chi connectivity index (χ2v) is 4.68. The van der Waals surface area contributed by atoms with E-state index in [1.807, 2.05) is 6.92 Å². The van der Waals surface area contributed by atoms with E-state index in [-0.39, 0.29) is 23.9 Å². The molecule has 0 heterocycles. The number of nitrogens with two attached hydrogens (primary N) is 1. The Balaban J connectivity index is 2.86. The molecule has 98 valence electrons. The molecule has 0 fully saturated rings. The van der Waals surface area contributed by atoms with Gasteiger partial charge in [-0.15, -0.1) is 0 Å². The molecule has 0 radical (unpaired) electrons. The Morgan fingerprint density at radius 2 is 2.17 bits per heavy atom. The molecule has 0 bridgehead atoms. The third-order valence-electron chi connectivity index (χ3n) is 2.62. The van der Waals surface area contributed by atoms with Crippen molar-refractivity contribution in [2.75, 3.05) is 11.9 Å². The summed E-state index contributed by atoms with van der Waals surface area (Å²) in [4.78, 5) is 22.6. The number of nitrogens with one attached hydrogen (secondary N) is 1. The highest BCUT2D eigenvalue weighted by molar-refractivity contribution is 9.10. The average molecular weight is 315 g/mol. The third kappa shape index (κ3) is 3.54. The number of carbonyl (C=O) groups is 2. The van der Waals surface area contributed by atoms with Crippen LogP contribution >= 0.6 is 15.9 Å². The number of amides is 1. The Hall–Kier alpha value is -1.40. The maximum Gasteiger partial charge on any atom is 0.335 e. The predicted octanol–water partition coefficient (Wildman–Crippen LogP) is 2.07. The van der Waals surface area contributed by atoms with Crippen LogP contribution < -0.4 is 11.1 Å².